The Balaban J connectivity index is 2.53. The van der Waals surface area contributed by atoms with Gasteiger partial charge < -0.3 is 10.4 Å². The van der Waals surface area contributed by atoms with Crippen LogP contribution in [0.25, 0.3) is 0 Å². The lowest BCUT2D eigenvalue weighted by molar-refractivity contribution is -0.138. The standard InChI is InChI=1S/C14H16F4N2O/c1-2-11(20-7-5-19-6-8-20)12-9(14(16,17)18)3-4-10(15)13(12)21/h2-4,11,19,21H,1,5-8H2/t11-/m1/s1. The Morgan fingerprint density at radius 2 is 1.90 bits per heavy atom. The van der Waals surface area contributed by atoms with E-state index >= 15 is 0 Å². The average Bonchev–Trinajstić information content (AvgIpc) is 2.44. The van der Waals surface area contributed by atoms with Crippen LogP contribution in [0, 0.1) is 5.82 Å². The molecule has 1 heterocycles. The molecule has 116 valence electrons. The van der Waals surface area contributed by atoms with Gasteiger partial charge in [-0.05, 0) is 12.1 Å². The summed E-state index contributed by atoms with van der Waals surface area (Å²) in [6.07, 6.45) is -3.37. The van der Waals surface area contributed by atoms with E-state index in [1.54, 1.807) is 4.90 Å². The van der Waals surface area contributed by atoms with Gasteiger partial charge in [0.05, 0.1) is 11.6 Å². The number of benzene rings is 1. The normalized spacial score (nSPS) is 18.5. The van der Waals surface area contributed by atoms with Crippen molar-refractivity contribution in [2.24, 2.45) is 0 Å². The van der Waals surface area contributed by atoms with E-state index in [2.05, 4.69) is 11.9 Å². The van der Waals surface area contributed by atoms with E-state index in [0.29, 0.717) is 38.3 Å². The van der Waals surface area contributed by atoms with E-state index in [1.165, 1.54) is 6.08 Å². The number of hydrogen-bond donors (Lipinski definition) is 2. The highest BCUT2D eigenvalue weighted by molar-refractivity contribution is 5.45. The molecule has 1 aromatic rings. The van der Waals surface area contributed by atoms with Crippen LogP contribution in [0.2, 0.25) is 0 Å². The fraction of sp³-hybridized carbons (Fsp3) is 0.429. The number of hydrogen-bond acceptors (Lipinski definition) is 3. The monoisotopic (exact) mass is 304 g/mol. The maximum Gasteiger partial charge on any atom is 0.416 e. The third-order valence-electron chi connectivity index (χ3n) is 3.54. The van der Waals surface area contributed by atoms with Crippen molar-refractivity contribution >= 4 is 0 Å². The number of nitrogens with zero attached hydrogens (tertiary/aromatic N) is 1. The molecule has 1 aliphatic rings. The van der Waals surface area contributed by atoms with Crippen molar-refractivity contribution in [3.63, 3.8) is 0 Å². The zero-order chi connectivity index (χ0) is 15.6. The van der Waals surface area contributed by atoms with Gasteiger partial charge in [-0.1, -0.05) is 6.08 Å². The number of alkyl halides is 3. The van der Waals surface area contributed by atoms with Crippen LogP contribution in [-0.2, 0) is 6.18 Å². The maximum absolute atomic E-state index is 13.5. The van der Waals surface area contributed by atoms with Gasteiger partial charge in [0.15, 0.2) is 11.6 Å². The highest BCUT2D eigenvalue weighted by Gasteiger charge is 2.38. The number of phenols is 1. The molecule has 0 spiro atoms. The summed E-state index contributed by atoms with van der Waals surface area (Å²) in [7, 11) is 0. The zero-order valence-corrected chi connectivity index (χ0v) is 11.3. The minimum Gasteiger partial charge on any atom is -0.505 e. The number of nitrogens with one attached hydrogen (secondary N) is 1. The van der Waals surface area contributed by atoms with E-state index in [1.807, 2.05) is 0 Å². The number of phenolic OH excluding ortho intramolecular Hbond substituents is 1. The molecule has 2 rings (SSSR count). The van der Waals surface area contributed by atoms with Crippen molar-refractivity contribution in [2.45, 2.75) is 12.2 Å². The molecule has 2 N–H and O–H groups in total. The van der Waals surface area contributed by atoms with Gasteiger partial charge in [0.25, 0.3) is 0 Å². The van der Waals surface area contributed by atoms with Gasteiger partial charge in [-0.15, -0.1) is 6.58 Å². The molecule has 0 saturated carbocycles. The Labute approximate surface area is 119 Å². The summed E-state index contributed by atoms with van der Waals surface area (Å²) < 4.78 is 52.9. The third-order valence-corrected chi connectivity index (χ3v) is 3.54. The van der Waals surface area contributed by atoms with Crippen molar-refractivity contribution in [3.8, 4) is 5.75 Å². The van der Waals surface area contributed by atoms with Gasteiger partial charge in [0.1, 0.15) is 0 Å². The van der Waals surface area contributed by atoms with E-state index in [-0.39, 0.29) is 0 Å². The minimum atomic E-state index is -4.67. The second-order valence-electron chi connectivity index (χ2n) is 4.82. The Morgan fingerprint density at radius 3 is 2.43 bits per heavy atom. The van der Waals surface area contributed by atoms with Crippen LogP contribution in [0.15, 0.2) is 24.8 Å². The first-order chi connectivity index (χ1) is 9.86. The van der Waals surface area contributed by atoms with E-state index in [0.717, 1.165) is 0 Å². The number of rotatable bonds is 3. The molecule has 1 aromatic carbocycles. The minimum absolute atomic E-state index is 0.473. The van der Waals surface area contributed by atoms with E-state index in [4.69, 9.17) is 0 Å². The summed E-state index contributed by atoms with van der Waals surface area (Å²) in [6.45, 7) is 5.75. The lowest BCUT2D eigenvalue weighted by atomic mass is 9.96. The number of halogens is 4. The molecule has 21 heavy (non-hydrogen) atoms. The molecule has 0 bridgehead atoms. The molecule has 0 radical (unpaired) electrons. The molecule has 3 nitrogen and oxygen atoms in total. The summed E-state index contributed by atoms with van der Waals surface area (Å²) in [5.41, 5.74) is -1.51. The van der Waals surface area contributed by atoms with Gasteiger partial charge >= 0.3 is 6.18 Å². The number of piperazine rings is 1. The Kier molecular flexibility index (Phi) is 4.53. The maximum atomic E-state index is 13.5. The molecule has 1 fully saturated rings. The topological polar surface area (TPSA) is 35.5 Å². The van der Waals surface area contributed by atoms with Crippen molar-refractivity contribution in [2.75, 3.05) is 26.2 Å². The fourth-order valence-electron chi connectivity index (χ4n) is 2.54. The quantitative estimate of drug-likeness (QED) is 0.666. The lowest BCUT2D eigenvalue weighted by Gasteiger charge is -2.34. The van der Waals surface area contributed by atoms with Gasteiger partial charge in [-0.2, -0.15) is 13.2 Å². The first-order valence-corrected chi connectivity index (χ1v) is 6.52. The fourth-order valence-corrected chi connectivity index (χ4v) is 2.54. The zero-order valence-electron chi connectivity index (χ0n) is 11.3. The van der Waals surface area contributed by atoms with Gasteiger partial charge in [-0.3, -0.25) is 4.90 Å². The van der Waals surface area contributed by atoms with Crippen molar-refractivity contribution in [1.29, 1.82) is 0 Å². The molecule has 1 atom stereocenters. The first-order valence-electron chi connectivity index (χ1n) is 6.52. The van der Waals surface area contributed by atoms with E-state index in [9.17, 15) is 22.7 Å². The largest absolute Gasteiger partial charge is 0.505 e. The number of aromatic hydroxyl groups is 1. The summed E-state index contributed by atoms with van der Waals surface area (Å²) in [6, 6.07) is 0.391. The molecular formula is C14H16F4N2O. The molecular weight excluding hydrogens is 288 g/mol. The Bertz CT molecular complexity index is 524. The smallest absolute Gasteiger partial charge is 0.416 e. The predicted molar refractivity (Wildman–Crippen MR) is 70.4 cm³/mol. The van der Waals surface area contributed by atoms with E-state index < -0.39 is 34.9 Å². The molecule has 0 unspecified atom stereocenters. The molecule has 0 aromatic heterocycles. The van der Waals surface area contributed by atoms with Crippen molar-refractivity contribution < 1.29 is 22.7 Å². The van der Waals surface area contributed by atoms with Crippen LogP contribution in [0.4, 0.5) is 17.6 Å². The summed E-state index contributed by atoms with van der Waals surface area (Å²) in [5, 5.41) is 12.9. The van der Waals surface area contributed by atoms with Crippen LogP contribution in [0.3, 0.4) is 0 Å². The molecule has 1 aliphatic heterocycles. The van der Waals surface area contributed by atoms with Crippen LogP contribution >= 0.6 is 0 Å². The van der Waals surface area contributed by atoms with Gasteiger partial charge in [0, 0.05) is 31.7 Å². The second-order valence-corrected chi connectivity index (χ2v) is 4.82. The van der Waals surface area contributed by atoms with Crippen LogP contribution in [0.5, 0.6) is 5.75 Å². The summed E-state index contributed by atoms with van der Waals surface area (Å²) in [5.74, 6) is -2.03. The highest BCUT2D eigenvalue weighted by atomic mass is 19.4. The molecule has 0 aliphatic carbocycles. The van der Waals surface area contributed by atoms with Crippen LogP contribution < -0.4 is 5.32 Å². The molecule has 1 saturated heterocycles. The Morgan fingerprint density at radius 1 is 1.29 bits per heavy atom. The first kappa shape index (κ1) is 15.8. The summed E-state index contributed by atoms with van der Waals surface area (Å²) in [4.78, 5) is 1.73. The van der Waals surface area contributed by atoms with Gasteiger partial charge in [0.2, 0.25) is 0 Å². The molecule has 0 amide bonds. The average molecular weight is 304 g/mol. The third kappa shape index (κ3) is 3.19. The van der Waals surface area contributed by atoms with Crippen LogP contribution in [-0.4, -0.2) is 36.2 Å². The SMILES string of the molecule is C=C[C@H](c1c(C(F)(F)F)ccc(F)c1O)N1CCNCC1. The second kappa shape index (κ2) is 6.03. The molecule has 7 heteroatoms. The predicted octanol–water partition coefficient (Wildman–Crippen LogP) is 2.68. The van der Waals surface area contributed by atoms with Crippen LogP contribution in [0.1, 0.15) is 17.2 Å². The lowest BCUT2D eigenvalue weighted by Crippen LogP contribution is -2.45. The van der Waals surface area contributed by atoms with Crippen molar-refractivity contribution in [1.82, 2.24) is 10.2 Å². The van der Waals surface area contributed by atoms with Crippen molar-refractivity contribution in [3.05, 3.63) is 41.7 Å². The summed E-state index contributed by atoms with van der Waals surface area (Å²) >= 11 is 0. The highest BCUT2D eigenvalue weighted by Crippen LogP contribution is 2.42. The Hall–Kier alpha value is -1.60. The van der Waals surface area contributed by atoms with Gasteiger partial charge in [-0.25, -0.2) is 4.39 Å².